The first-order valence-electron chi connectivity index (χ1n) is 8.57. The Kier molecular flexibility index (Phi) is 6.02. The molecule has 1 heterocycles. The second-order valence-electron chi connectivity index (χ2n) is 5.96. The highest BCUT2D eigenvalue weighted by molar-refractivity contribution is 5.93. The zero-order chi connectivity index (χ0) is 19.1. The van der Waals surface area contributed by atoms with Crippen LogP contribution in [0.5, 0.6) is 0 Å². The van der Waals surface area contributed by atoms with Crippen LogP contribution < -0.4 is 10.6 Å². The molecule has 0 aliphatic carbocycles. The molecule has 1 atom stereocenters. The van der Waals surface area contributed by atoms with E-state index in [-0.39, 0.29) is 18.5 Å². The van der Waals surface area contributed by atoms with Crippen molar-refractivity contribution in [1.82, 2.24) is 0 Å². The van der Waals surface area contributed by atoms with Gasteiger partial charge >= 0.3 is 5.97 Å². The number of anilines is 1. The van der Waals surface area contributed by atoms with E-state index >= 15 is 0 Å². The largest absolute Gasteiger partial charge is 0.465 e. The lowest BCUT2D eigenvalue weighted by atomic mass is 10.0. The van der Waals surface area contributed by atoms with E-state index < -0.39 is 5.97 Å². The van der Waals surface area contributed by atoms with Gasteiger partial charge in [0.05, 0.1) is 18.9 Å². The highest BCUT2D eigenvalue weighted by Gasteiger charge is 2.21. The van der Waals surface area contributed by atoms with Crippen molar-refractivity contribution in [3.05, 3.63) is 89.9 Å². The molecular weight excluding hydrogens is 344 g/mol. The van der Waals surface area contributed by atoms with E-state index in [0.29, 0.717) is 11.3 Å². The van der Waals surface area contributed by atoms with Crippen molar-refractivity contribution < 1.29 is 24.1 Å². The van der Waals surface area contributed by atoms with E-state index in [1.54, 1.807) is 30.5 Å². The number of hydrogen-bond acceptors (Lipinski definition) is 4. The molecule has 1 aromatic heterocycles. The van der Waals surface area contributed by atoms with Gasteiger partial charge in [-0.2, -0.15) is 0 Å². The fourth-order valence-electron chi connectivity index (χ4n) is 2.79. The number of carbonyl (C=O) groups excluding carboxylic acids is 2. The number of nitrogens with one attached hydrogen (secondary N) is 1. The molecular formula is C21H21N2O4+. The molecule has 0 fully saturated rings. The average molecular weight is 365 g/mol. The third-order valence-corrected chi connectivity index (χ3v) is 4.14. The molecule has 0 radical (unpaired) electrons. The molecule has 0 bridgehead atoms. The maximum Gasteiger partial charge on any atom is 0.337 e. The molecule has 0 spiro atoms. The summed E-state index contributed by atoms with van der Waals surface area (Å²) in [4.78, 5) is 23.8. The number of quaternary nitrogens is 1. The van der Waals surface area contributed by atoms with Crippen LogP contribution in [-0.2, 0) is 9.53 Å². The summed E-state index contributed by atoms with van der Waals surface area (Å²) in [5, 5.41) is 4.75. The van der Waals surface area contributed by atoms with Crippen LogP contribution in [0.1, 0.15) is 27.7 Å². The van der Waals surface area contributed by atoms with E-state index in [1.165, 1.54) is 7.11 Å². The summed E-state index contributed by atoms with van der Waals surface area (Å²) in [5.41, 5.74) is 2.11. The summed E-state index contributed by atoms with van der Waals surface area (Å²) in [6.45, 7) is 0.221. The third kappa shape index (κ3) is 4.83. The van der Waals surface area contributed by atoms with Crippen LogP contribution in [0.15, 0.2) is 77.4 Å². The highest BCUT2D eigenvalue weighted by atomic mass is 16.5. The molecule has 0 saturated heterocycles. The van der Waals surface area contributed by atoms with Crippen molar-refractivity contribution in [2.75, 3.05) is 19.0 Å². The van der Waals surface area contributed by atoms with Crippen molar-refractivity contribution in [3.63, 3.8) is 0 Å². The molecule has 6 nitrogen and oxygen atoms in total. The zero-order valence-electron chi connectivity index (χ0n) is 14.9. The predicted octanol–water partition coefficient (Wildman–Crippen LogP) is 2.36. The SMILES string of the molecule is COC(=O)c1ccc(NC(=O)C[NH2+][C@@H](c2ccccc2)c2ccco2)cc1. The minimum Gasteiger partial charge on any atom is -0.465 e. The van der Waals surface area contributed by atoms with Gasteiger partial charge in [-0.3, -0.25) is 4.79 Å². The molecule has 0 aliphatic rings. The quantitative estimate of drug-likeness (QED) is 0.630. The van der Waals surface area contributed by atoms with Crippen molar-refractivity contribution in [1.29, 1.82) is 0 Å². The van der Waals surface area contributed by atoms with Gasteiger partial charge in [-0.25, -0.2) is 4.79 Å². The Morgan fingerprint density at radius 1 is 1.04 bits per heavy atom. The number of ether oxygens (including phenoxy) is 1. The number of furan rings is 1. The van der Waals surface area contributed by atoms with Crippen LogP contribution in [0.3, 0.4) is 0 Å². The van der Waals surface area contributed by atoms with Gasteiger partial charge in [-0.15, -0.1) is 0 Å². The van der Waals surface area contributed by atoms with Crippen LogP contribution in [0.4, 0.5) is 5.69 Å². The summed E-state index contributed by atoms with van der Waals surface area (Å²) < 4.78 is 10.2. The Morgan fingerprint density at radius 3 is 2.41 bits per heavy atom. The molecule has 3 aromatic rings. The monoisotopic (exact) mass is 365 g/mol. The Bertz CT molecular complexity index is 874. The minimum atomic E-state index is -0.412. The van der Waals surface area contributed by atoms with Crippen molar-refractivity contribution in [2.45, 2.75) is 6.04 Å². The molecule has 6 heteroatoms. The molecule has 27 heavy (non-hydrogen) atoms. The number of benzene rings is 2. The average Bonchev–Trinajstić information content (AvgIpc) is 3.23. The maximum absolute atomic E-state index is 12.3. The lowest BCUT2D eigenvalue weighted by Gasteiger charge is -2.14. The number of hydrogen-bond donors (Lipinski definition) is 2. The van der Waals surface area contributed by atoms with E-state index in [1.807, 2.05) is 47.8 Å². The zero-order valence-corrected chi connectivity index (χ0v) is 14.9. The molecule has 0 saturated carbocycles. The Morgan fingerprint density at radius 2 is 1.78 bits per heavy atom. The first-order valence-corrected chi connectivity index (χ1v) is 8.57. The van der Waals surface area contributed by atoms with E-state index in [9.17, 15) is 9.59 Å². The number of nitrogens with two attached hydrogens (primary N) is 1. The Labute approximate surface area is 157 Å². The number of esters is 1. The molecule has 3 rings (SSSR count). The first-order chi connectivity index (χ1) is 13.2. The summed E-state index contributed by atoms with van der Waals surface area (Å²) in [7, 11) is 1.33. The van der Waals surface area contributed by atoms with Gasteiger partial charge in [0, 0.05) is 11.3 Å². The summed E-state index contributed by atoms with van der Waals surface area (Å²) in [6, 6.07) is 20.1. The van der Waals surface area contributed by atoms with Crippen molar-refractivity contribution in [2.24, 2.45) is 0 Å². The molecule has 0 aliphatic heterocycles. The van der Waals surface area contributed by atoms with Gasteiger partial charge in [0.2, 0.25) is 0 Å². The highest BCUT2D eigenvalue weighted by Crippen LogP contribution is 2.18. The fourth-order valence-corrected chi connectivity index (χ4v) is 2.79. The summed E-state index contributed by atoms with van der Waals surface area (Å²) in [6.07, 6.45) is 1.63. The lowest BCUT2D eigenvalue weighted by molar-refractivity contribution is -0.678. The molecule has 2 aromatic carbocycles. The fraction of sp³-hybridized carbons (Fsp3) is 0.143. The smallest absolute Gasteiger partial charge is 0.337 e. The van der Waals surface area contributed by atoms with Crippen LogP contribution in [0.25, 0.3) is 0 Å². The van der Waals surface area contributed by atoms with E-state index in [2.05, 4.69) is 10.1 Å². The number of amides is 1. The Balaban J connectivity index is 1.62. The van der Waals surface area contributed by atoms with E-state index in [4.69, 9.17) is 4.42 Å². The second kappa shape index (κ2) is 8.82. The van der Waals surface area contributed by atoms with Gasteiger partial charge in [0.1, 0.15) is 0 Å². The van der Waals surface area contributed by atoms with Crippen LogP contribution >= 0.6 is 0 Å². The van der Waals surface area contributed by atoms with Gasteiger partial charge in [0.25, 0.3) is 5.91 Å². The predicted molar refractivity (Wildman–Crippen MR) is 100 cm³/mol. The molecule has 138 valence electrons. The number of carbonyl (C=O) groups is 2. The summed E-state index contributed by atoms with van der Waals surface area (Å²) >= 11 is 0. The third-order valence-electron chi connectivity index (χ3n) is 4.14. The van der Waals surface area contributed by atoms with Gasteiger partial charge < -0.3 is 19.8 Å². The van der Waals surface area contributed by atoms with Crippen LogP contribution in [0, 0.1) is 0 Å². The minimum absolute atomic E-state index is 0.103. The normalized spacial score (nSPS) is 11.6. The van der Waals surface area contributed by atoms with Gasteiger partial charge in [-0.1, -0.05) is 30.3 Å². The van der Waals surface area contributed by atoms with Gasteiger partial charge in [0.15, 0.2) is 18.3 Å². The topological polar surface area (TPSA) is 85.1 Å². The Hall–Kier alpha value is -3.38. The first kappa shape index (κ1) is 18.4. The molecule has 0 unspecified atom stereocenters. The van der Waals surface area contributed by atoms with Crippen molar-refractivity contribution >= 4 is 17.6 Å². The number of methoxy groups -OCH3 is 1. The van der Waals surface area contributed by atoms with Crippen molar-refractivity contribution in [3.8, 4) is 0 Å². The molecule has 3 N–H and O–H groups in total. The summed E-state index contributed by atoms with van der Waals surface area (Å²) in [5.74, 6) is 0.232. The number of rotatable bonds is 7. The maximum atomic E-state index is 12.3. The van der Waals surface area contributed by atoms with E-state index in [0.717, 1.165) is 11.3 Å². The second-order valence-corrected chi connectivity index (χ2v) is 5.96. The lowest BCUT2D eigenvalue weighted by Crippen LogP contribution is -2.87. The van der Waals surface area contributed by atoms with Crippen LogP contribution in [-0.4, -0.2) is 25.5 Å². The molecule has 1 amide bonds. The van der Waals surface area contributed by atoms with Crippen LogP contribution in [0.2, 0.25) is 0 Å². The standard InChI is InChI=1S/C21H20N2O4/c1-26-21(25)16-9-11-17(12-10-16)23-19(24)14-22-20(18-8-5-13-27-18)15-6-3-2-4-7-15/h2-13,20,22H,14H2,1H3,(H,23,24)/p+1/t20-/m0/s1. The van der Waals surface area contributed by atoms with Gasteiger partial charge in [-0.05, 0) is 36.4 Å².